The number of Topliss-reactive ketones (excluding diaryl/α,β-unsaturated/α-hetero) is 1. The largest absolute Gasteiger partial charge is 0.299 e. The summed E-state index contributed by atoms with van der Waals surface area (Å²) in [7, 11) is 2.11. The van der Waals surface area contributed by atoms with Crippen molar-refractivity contribution in [1.29, 1.82) is 0 Å². The smallest absolute Gasteiger partial charge is 0.139 e. The van der Waals surface area contributed by atoms with Crippen LogP contribution in [0.4, 0.5) is 0 Å². The molecular weight excluding hydrogens is 162 g/mol. The maximum absolute atomic E-state index is 11.7. The first-order valence-corrected chi connectivity index (χ1v) is 4.96. The number of carbonyl (C=O) groups is 1. The Morgan fingerprint density at radius 3 is 2.23 bits per heavy atom. The molecule has 0 saturated carbocycles. The molecule has 1 aliphatic rings. The molecule has 1 rings (SSSR count). The number of hydrogen-bond acceptors (Lipinski definition) is 2. The third-order valence-corrected chi connectivity index (χ3v) is 3.92. The number of nitrogens with zero attached hydrogens (tertiary/aromatic N) is 1. The molecule has 0 aromatic heterocycles. The molecule has 0 aliphatic carbocycles. The summed E-state index contributed by atoms with van der Waals surface area (Å²) in [6.45, 7) is 10.6. The van der Waals surface area contributed by atoms with Crippen LogP contribution in [0.1, 0.15) is 41.0 Å². The van der Waals surface area contributed by atoms with Gasteiger partial charge >= 0.3 is 0 Å². The molecule has 0 amide bonds. The average Bonchev–Trinajstić information content (AvgIpc) is 1.98. The van der Waals surface area contributed by atoms with E-state index in [0.29, 0.717) is 12.2 Å². The van der Waals surface area contributed by atoms with Crippen molar-refractivity contribution in [3.05, 3.63) is 0 Å². The van der Waals surface area contributed by atoms with Crippen LogP contribution in [-0.2, 0) is 4.79 Å². The minimum atomic E-state index is -0.0150. The van der Waals surface area contributed by atoms with Gasteiger partial charge < -0.3 is 0 Å². The summed E-state index contributed by atoms with van der Waals surface area (Å²) in [4.78, 5) is 14.1. The Morgan fingerprint density at radius 2 is 1.77 bits per heavy atom. The van der Waals surface area contributed by atoms with Crippen molar-refractivity contribution in [2.24, 2.45) is 5.92 Å². The lowest BCUT2D eigenvalue weighted by Crippen LogP contribution is -2.62. The normalized spacial score (nSPS) is 33.4. The number of hydrogen-bond donors (Lipinski definition) is 0. The molecule has 0 aromatic rings. The Balaban J connectivity index is 3.03. The van der Waals surface area contributed by atoms with E-state index in [0.717, 1.165) is 0 Å². The zero-order valence-electron chi connectivity index (χ0n) is 9.64. The van der Waals surface area contributed by atoms with Crippen molar-refractivity contribution in [2.45, 2.75) is 52.1 Å². The number of carbonyl (C=O) groups excluding carboxylic acids is 1. The van der Waals surface area contributed by atoms with E-state index in [-0.39, 0.29) is 17.0 Å². The highest BCUT2D eigenvalue weighted by atomic mass is 16.1. The molecular formula is C11H21NO. The molecule has 1 unspecified atom stereocenters. The predicted molar refractivity (Wildman–Crippen MR) is 54.7 cm³/mol. The fourth-order valence-corrected chi connectivity index (χ4v) is 2.16. The Bertz CT molecular complexity index is 230. The molecule has 1 fully saturated rings. The van der Waals surface area contributed by atoms with Crippen LogP contribution in [0.5, 0.6) is 0 Å². The van der Waals surface area contributed by atoms with Gasteiger partial charge in [-0.2, -0.15) is 0 Å². The fraction of sp³-hybridized carbons (Fsp3) is 0.909. The highest BCUT2D eigenvalue weighted by Crippen LogP contribution is 2.38. The van der Waals surface area contributed by atoms with Crippen LogP contribution in [0.2, 0.25) is 0 Å². The molecule has 0 radical (unpaired) electrons. The van der Waals surface area contributed by atoms with Crippen molar-refractivity contribution >= 4 is 5.78 Å². The van der Waals surface area contributed by atoms with E-state index in [4.69, 9.17) is 0 Å². The zero-order chi connectivity index (χ0) is 10.4. The van der Waals surface area contributed by atoms with Crippen molar-refractivity contribution < 1.29 is 4.79 Å². The second kappa shape index (κ2) is 2.81. The highest BCUT2D eigenvalue weighted by Gasteiger charge is 2.47. The lowest BCUT2D eigenvalue weighted by atomic mass is 9.73. The summed E-state index contributed by atoms with van der Waals surface area (Å²) in [5.41, 5.74) is -0.00801. The lowest BCUT2D eigenvalue weighted by Gasteiger charge is -2.53. The van der Waals surface area contributed by atoms with Gasteiger partial charge in [-0.15, -0.1) is 0 Å². The van der Waals surface area contributed by atoms with Crippen LogP contribution >= 0.6 is 0 Å². The van der Waals surface area contributed by atoms with E-state index in [1.54, 1.807) is 0 Å². The van der Waals surface area contributed by atoms with Gasteiger partial charge in [0, 0.05) is 23.4 Å². The maximum Gasteiger partial charge on any atom is 0.139 e. The lowest BCUT2D eigenvalue weighted by molar-refractivity contribution is -0.139. The van der Waals surface area contributed by atoms with Gasteiger partial charge in [-0.25, -0.2) is 0 Å². The molecule has 1 saturated heterocycles. The van der Waals surface area contributed by atoms with E-state index in [9.17, 15) is 4.79 Å². The van der Waals surface area contributed by atoms with Crippen LogP contribution in [-0.4, -0.2) is 28.8 Å². The first-order chi connectivity index (χ1) is 5.69. The quantitative estimate of drug-likeness (QED) is 0.573. The second-order valence-electron chi connectivity index (χ2n) is 5.39. The maximum atomic E-state index is 11.7. The Labute approximate surface area is 81.3 Å². The summed E-state index contributed by atoms with van der Waals surface area (Å²) >= 11 is 0. The summed E-state index contributed by atoms with van der Waals surface area (Å²) in [6.07, 6.45) is 0.675. The molecule has 13 heavy (non-hydrogen) atoms. The molecule has 76 valence electrons. The van der Waals surface area contributed by atoms with Crippen LogP contribution in [0.15, 0.2) is 0 Å². The zero-order valence-corrected chi connectivity index (χ0v) is 9.64. The Morgan fingerprint density at radius 1 is 1.31 bits per heavy atom. The van der Waals surface area contributed by atoms with E-state index < -0.39 is 0 Å². The third kappa shape index (κ3) is 1.52. The summed E-state index contributed by atoms with van der Waals surface area (Å²) < 4.78 is 0. The van der Waals surface area contributed by atoms with Gasteiger partial charge in [-0.05, 0) is 34.7 Å². The minimum Gasteiger partial charge on any atom is -0.299 e. The SMILES string of the molecule is CC1C(=O)CC(C)(C)N(C)C1(C)C. The second-order valence-corrected chi connectivity index (χ2v) is 5.39. The van der Waals surface area contributed by atoms with E-state index >= 15 is 0 Å². The summed E-state index contributed by atoms with van der Waals surface area (Å²) in [5, 5.41) is 0. The monoisotopic (exact) mass is 183 g/mol. The van der Waals surface area contributed by atoms with E-state index in [1.165, 1.54) is 0 Å². The molecule has 1 heterocycles. The van der Waals surface area contributed by atoms with Crippen molar-refractivity contribution in [3.8, 4) is 0 Å². The van der Waals surface area contributed by atoms with Crippen LogP contribution in [0.3, 0.4) is 0 Å². The van der Waals surface area contributed by atoms with Gasteiger partial charge in [0.05, 0.1) is 0 Å². The number of ketones is 1. The van der Waals surface area contributed by atoms with Crippen molar-refractivity contribution in [3.63, 3.8) is 0 Å². The molecule has 2 nitrogen and oxygen atoms in total. The molecule has 0 bridgehead atoms. The van der Waals surface area contributed by atoms with Crippen LogP contribution in [0, 0.1) is 5.92 Å². The van der Waals surface area contributed by atoms with Gasteiger partial charge in [-0.3, -0.25) is 9.69 Å². The third-order valence-electron chi connectivity index (χ3n) is 3.92. The molecule has 2 heteroatoms. The number of piperidine rings is 1. The van der Waals surface area contributed by atoms with Gasteiger partial charge in [0.1, 0.15) is 5.78 Å². The first kappa shape index (κ1) is 10.7. The molecule has 0 aromatic carbocycles. The van der Waals surface area contributed by atoms with Gasteiger partial charge in [0.2, 0.25) is 0 Å². The van der Waals surface area contributed by atoms with E-state index in [2.05, 4.69) is 39.6 Å². The Hall–Kier alpha value is -0.370. The van der Waals surface area contributed by atoms with Gasteiger partial charge in [0.15, 0.2) is 0 Å². The summed E-state index contributed by atoms with van der Waals surface area (Å²) in [5.74, 6) is 0.540. The molecule has 1 atom stereocenters. The first-order valence-electron chi connectivity index (χ1n) is 4.96. The van der Waals surface area contributed by atoms with Crippen LogP contribution in [0.25, 0.3) is 0 Å². The van der Waals surface area contributed by atoms with Crippen molar-refractivity contribution in [1.82, 2.24) is 4.90 Å². The average molecular weight is 183 g/mol. The number of likely N-dealkylation sites (tertiary alicyclic amines) is 1. The molecule has 1 aliphatic heterocycles. The topological polar surface area (TPSA) is 20.3 Å². The van der Waals surface area contributed by atoms with Gasteiger partial charge in [-0.1, -0.05) is 6.92 Å². The Kier molecular flexibility index (Phi) is 2.31. The predicted octanol–water partition coefficient (Wildman–Crippen LogP) is 2.08. The number of rotatable bonds is 0. The van der Waals surface area contributed by atoms with Crippen LogP contribution < -0.4 is 0 Å². The molecule has 0 N–H and O–H groups in total. The summed E-state index contributed by atoms with van der Waals surface area (Å²) in [6, 6.07) is 0. The van der Waals surface area contributed by atoms with Crippen molar-refractivity contribution in [2.75, 3.05) is 7.05 Å². The fourth-order valence-electron chi connectivity index (χ4n) is 2.16. The highest BCUT2D eigenvalue weighted by molar-refractivity contribution is 5.84. The minimum absolute atomic E-state index is 0.00704. The standard InChI is InChI=1S/C11H21NO/c1-8-9(13)7-10(2,3)12(6)11(8,4)5/h8H,7H2,1-6H3. The van der Waals surface area contributed by atoms with E-state index in [1.807, 2.05) is 6.92 Å². The van der Waals surface area contributed by atoms with Gasteiger partial charge in [0.25, 0.3) is 0 Å². The molecule has 0 spiro atoms.